The van der Waals surface area contributed by atoms with E-state index in [4.69, 9.17) is 0 Å². The normalized spacial score (nSPS) is 10.3. The third-order valence-corrected chi connectivity index (χ3v) is 3.46. The van der Waals surface area contributed by atoms with Crippen LogP contribution in [0.15, 0.2) is 36.7 Å². The smallest absolute Gasteiger partial charge is 0.140 e. The molecule has 0 radical (unpaired) electrons. The van der Waals surface area contributed by atoms with Crippen molar-refractivity contribution in [2.45, 2.75) is 26.2 Å². The molecule has 0 unspecified atom stereocenters. The Kier molecular flexibility index (Phi) is 4.53. The van der Waals surface area contributed by atoms with Crippen molar-refractivity contribution in [2.75, 3.05) is 0 Å². The average Bonchev–Trinajstić information content (AvgIpc) is 3.19. The summed E-state index contributed by atoms with van der Waals surface area (Å²) >= 11 is 0. The highest BCUT2D eigenvalue weighted by atomic mass is 19.1. The lowest BCUT2D eigenvalue weighted by atomic mass is 10.1. The fourth-order valence-corrected chi connectivity index (χ4v) is 2.31. The number of hydrogen-bond acceptors (Lipinski definition) is 2. The van der Waals surface area contributed by atoms with Crippen LogP contribution in [0, 0.1) is 17.7 Å². The van der Waals surface area contributed by atoms with E-state index in [1.807, 2.05) is 6.20 Å². The van der Waals surface area contributed by atoms with Gasteiger partial charge in [-0.05, 0) is 30.7 Å². The first-order chi connectivity index (χ1) is 11.3. The monoisotopic (exact) mass is 308 g/mol. The van der Waals surface area contributed by atoms with Gasteiger partial charge in [-0.2, -0.15) is 5.10 Å². The van der Waals surface area contributed by atoms with Gasteiger partial charge >= 0.3 is 0 Å². The Balaban J connectivity index is 1.75. The number of aromatic nitrogens is 4. The van der Waals surface area contributed by atoms with E-state index in [2.05, 4.69) is 38.9 Å². The van der Waals surface area contributed by atoms with Gasteiger partial charge in [0.25, 0.3) is 0 Å². The number of H-pyrrole nitrogens is 2. The number of aromatic amines is 2. The van der Waals surface area contributed by atoms with Crippen molar-refractivity contribution in [3.63, 3.8) is 0 Å². The van der Waals surface area contributed by atoms with Crippen molar-refractivity contribution in [1.82, 2.24) is 20.2 Å². The SMILES string of the molecule is CCCc1cnc(-c2cn[nH]c2CC#Cc2ccc(F)cc2)[nH]1. The standard InChI is InChI=1S/C18H17FN4/c1-2-4-15-11-20-18(22-15)16-12-21-23-17(16)6-3-5-13-7-9-14(19)10-8-13/h7-12H,2,4,6H2,1H3,(H,20,22)(H,21,23). The number of hydrogen-bond donors (Lipinski definition) is 2. The highest BCUT2D eigenvalue weighted by Gasteiger charge is 2.10. The number of benzene rings is 1. The summed E-state index contributed by atoms with van der Waals surface area (Å²) in [4.78, 5) is 7.72. The number of halogens is 1. The molecular weight excluding hydrogens is 291 g/mol. The molecule has 5 heteroatoms. The molecule has 0 fully saturated rings. The van der Waals surface area contributed by atoms with Gasteiger partial charge in [0, 0.05) is 17.5 Å². The quantitative estimate of drug-likeness (QED) is 0.725. The summed E-state index contributed by atoms with van der Waals surface area (Å²) in [6.07, 6.45) is 6.19. The second-order valence-corrected chi connectivity index (χ2v) is 5.25. The van der Waals surface area contributed by atoms with Gasteiger partial charge in [-0.25, -0.2) is 9.37 Å². The molecule has 0 aliphatic heterocycles. The predicted octanol–water partition coefficient (Wildman–Crippen LogP) is 3.49. The van der Waals surface area contributed by atoms with Crippen molar-refractivity contribution < 1.29 is 4.39 Å². The van der Waals surface area contributed by atoms with E-state index in [-0.39, 0.29) is 5.82 Å². The van der Waals surface area contributed by atoms with E-state index >= 15 is 0 Å². The Morgan fingerprint density at radius 1 is 1.17 bits per heavy atom. The minimum absolute atomic E-state index is 0.257. The van der Waals surface area contributed by atoms with Gasteiger partial charge in [-0.15, -0.1) is 0 Å². The second-order valence-electron chi connectivity index (χ2n) is 5.25. The molecule has 116 valence electrons. The Hall–Kier alpha value is -2.87. The molecule has 0 amide bonds. The number of rotatable bonds is 4. The van der Waals surface area contributed by atoms with Crippen molar-refractivity contribution in [2.24, 2.45) is 0 Å². The second kappa shape index (κ2) is 6.93. The topological polar surface area (TPSA) is 57.4 Å². The molecule has 0 saturated carbocycles. The molecule has 0 spiro atoms. The summed E-state index contributed by atoms with van der Waals surface area (Å²) in [7, 11) is 0. The number of nitrogens with one attached hydrogen (secondary N) is 2. The predicted molar refractivity (Wildman–Crippen MR) is 87.1 cm³/mol. The van der Waals surface area contributed by atoms with Gasteiger partial charge in [0.2, 0.25) is 0 Å². The maximum Gasteiger partial charge on any atom is 0.140 e. The van der Waals surface area contributed by atoms with E-state index in [0.29, 0.717) is 6.42 Å². The van der Waals surface area contributed by atoms with E-state index in [1.165, 1.54) is 12.1 Å². The maximum absolute atomic E-state index is 12.9. The fraction of sp³-hybridized carbons (Fsp3) is 0.222. The maximum atomic E-state index is 12.9. The Labute approximate surface area is 134 Å². The van der Waals surface area contributed by atoms with Crippen LogP contribution in [0.3, 0.4) is 0 Å². The molecule has 1 aromatic carbocycles. The van der Waals surface area contributed by atoms with E-state index in [1.54, 1.807) is 18.3 Å². The third-order valence-electron chi connectivity index (χ3n) is 3.46. The Bertz CT molecular complexity index is 834. The van der Waals surface area contributed by atoms with Crippen molar-refractivity contribution in [1.29, 1.82) is 0 Å². The molecule has 0 atom stereocenters. The first-order valence-electron chi connectivity index (χ1n) is 7.57. The van der Waals surface area contributed by atoms with Crippen LogP contribution in [0.1, 0.15) is 30.3 Å². The zero-order valence-electron chi connectivity index (χ0n) is 12.9. The molecule has 0 saturated heterocycles. The minimum atomic E-state index is -0.257. The van der Waals surface area contributed by atoms with Crippen LogP contribution in [0.5, 0.6) is 0 Å². The largest absolute Gasteiger partial charge is 0.342 e. The highest BCUT2D eigenvalue weighted by molar-refractivity contribution is 5.58. The van der Waals surface area contributed by atoms with Gasteiger partial charge in [0.05, 0.1) is 23.9 Å². The lowest BCUT2D eigenvalue weighted by Crippen LogP contribution is -1.89. The zero-order chi connectivity index (χ0) is 16.1. The molecule has 0 aliphatic carbocycles. The van der Waals surface area contributed by atoms with E-state index < -0.39 is 0 Å². The minimum Gasteiger partial charge on any atom is -0.342 e. The average molecular weight is 308 g/mol. The van der Waals surface area contributed by atoms with Crippen LogP contribution in [0.4, 0.5) is 4.39 Å². The van der Waals surface area contributed by atoms with Gasteiger partial charge in [-0.3, -0.25) is 5.10 Å². The molecular formula is C18H17FN4. The summed E-state index contributed by atoms with van der Waals surface area (Å²) in [5.74, 6) is 6.65. The van der Waals surface area contributed by atoms with Crippen LogP contribution in [-0.4, -0.2) is 20.2 Å². The lowest BCUT2D eigenvalue weighted by Gasteiger charge is -1.96. The van der Waals surface area contributed by atoms with Crippen LogP contribution in [0.25, 0.3) is 11.4 Å². The van der Waals surface area contributed by atoms with Crippen LogP contribution in [0.2, 0.25) is 0 Å². The molecule has 2 aromatic heterocycles. The Morgan fingerprint density at radius 3 is 2.78 bits per heavy atom. The lowest BCUT2D eigenvalue weighted by molar-refractivity contribution is 0.627. The van der Waals surface area contributed by atoms with Gasteiger partial charge in [0.15, 0.2) is 0 Å². The van der Waals surface area contributed by atoms with Gasteiger partial charge in [-0.1, -0.05) is 25.2 Å². The first-order valence-corrected chi connectivity index (χ1v) is 7.57. The van der Waals surface area contributed by atoms with Crippen LogP contribution in [-0.2, 0) is 12.8 Å². The van der Waals surface area contributed by atoms with Crippen molar-refractivity contribution in [3.8, 4) is 23.2 Å². The Morgan fingerprint density at radius 2 is 2.00 bits per heavy atom. The van der Waals surface area contributed by atoms with Crippen LogP contribution < -0.4 is 0 Å². The molecule has 4 nitrogen and oxygen atoms in total. The summed E-state index contributed by atoms with van der Waals surface area (Å²) in [5, 5.41) is 7.06. The van der Waals surface area contributed by atoms with Crippen LogP contribution >= 0.6 is 0 Å². The van der Waals surface area contributed by atoms with Crippen molar-refractivity contribution >= 4 is 0 Å². The molecule has 2 N–H and O–H groups in total. The highest BCUT2D eigenvalue weighted by Crippen LogP contribution is 2.19. The molecule has 3 aromatic rings. The van der Waals surface area contributed by atoms with E-state index in [9.17, 15) is 4.39 Å². The molecule has 0 aliphatic rings. The summed E-state index contributed by atoms with van der Waals surface area (Å²) in [6.45, 7) is 2.13. The number of nitrogens with zero attached hydrogens (tertiary/aromatic N) is 2. The molecule has 3 rings (SSSR count). The van der Waals surface area contributed by atoms with Crippen molar-refractivity contribution in [3.05, 3.63) is 59.4 Å². The van der Waals surface area contributed by atoms with Gasteiger partial charge in [0.1, 0.15) is 11.6 Å². The number of aryl methyl sites for hydroxylation is 1. The summed E-state index contributed by atoms with van der Waals surface area (Å²) in [5.41, 5.74) is 3.75. The molecule has 0 bridgehead atoms. The zero-order valence-corrected chi connectivity index (χ0v) is 12.9. The fourth-order valence-electron chi connectivity index (χ4n) is 2.31. The number of imidazole rings is 1. The molecule has 2 heterocycles. The molecule has 23 heavy (non-hydrogen) atoms. The van der Waals surface area contributed by atoms with E-state index in [0.717, 1.165) is 41.2 Å². The third kappa shape index (κ3) is 3.67. The first kappa shape index (κ1) is 15.0. The summed E-state index contributed by atoms with van der Waals surface area (Å²) < 4.78 is 12.9. The van der Waals surface area contributed by atoms with Gasteiger partial charge < -0.3 is 4.98 Å². The summed E-state index contributed by atoms with van der Waals surface area (Å²) in [6, 6.07) is 6.15.